The smallest absolute Gasteiger partial charge is 0.230 e. The highest BCUT2D eigenvalue weighted by Crippen LogP contribution is 2.11. The number of amides is 1. The van der Waals surface area contributed by atoms with Crippen molar-refractivity contribution in [2.24, 2.45) is 0 Å². The molecule has 1 rings (SSSR count). The topological polar surface area (TPSA) is 49.3 Å². The predicted octanol–water partition coefficient (Wildman–Crippen LogP) is 2.15. The van der Waals surface area contributed by atoms with Crippen molar-refractivity contribution in [1.29, 1.82) is 0 Å². The molecule has 0 aliphatic rings. The van der Waals surface area contributed by atoms with Crippen LogP contribution in [-0.4, -0.2) is 41.4 Å². The molecular weight excluding hydrogens is 278 g/mol. The zero-order valence-electron chi connectivity index (χ0n) is 11.0. The van der Waals surface area contributed by atoms with Gasteiger partial charge < -0.3 is 10.4 Å². The summed E-state index contributed by atoms with van der Waals surface area (Å²) in [5, 5.41) is 11.5. The van der Waals surface area contributed by atoms with Crippen molar-refractivity contribution < 1.29 is 9.90 Å². The van der Waals surface area contributed by atoms with Crippen molar-refractivity contribution >= 4 is 29.4 Å². The Morgan fingerprint density at radius 2 is 1.95 bits per heavy atom. The lowest BCUT2D eigenvalue weighted by atomic mass is 10.2. The highest BCUT2D eigenvalue weighted by Gasteiger charge is 2.01. The molecule has 19 heavy (non-hydrogen) atoms. The number of hydrogen-bond acceptors (Lipinski definition) is 4. The number of thioether (sulfide) groups is 2. The maximum absolute atomic E-state index is 11.5. The average Bonchev–Trinajstić information content (AvgIpc) is 2.44. The lowest BCUT2D eigenvalue weighted by molar-refractivity contribution is -0.118. The van der Waals surface area contributed by atoms with Gasteiger partial charge in [-0.3, -0.25) is 4.79 Å². The number of carbonyl (C=O) groups is 1. The first-order valence-electron chi connectivity index (χ1n) is 6.40. The summed E-state index contributed by atoms with van der Waals surface area (Å²) in [6.45, 7) is 0.955. The minimum atomic E-state index is 0.101. The van der Waals surface area contributed by atoms with Crippen LogP contribution in [0.5, 0.6) is 0 Å². The van der Waals surface area contributed by atoms with Gasteiger partial charge >= 0.3 is 0 Å². The lowest BCUT2D eigenvalue weighted by Gasteiger charge is -2.05. The van der Waals surface area contributed by atoms with Gasteiger partial charge in [0, 0.05) is 24.7 Å². The van der Waals surface area contributed by atoms with Crippen LogP contribution in [0.1, 0.15) is 12.0 Å². The van der Waals surface area contributed by atoms with Crippen LogP contribution in [-0.2, 0) is 10.5 Å². The Labute approximate surface area is 123 Å². The molecular formula is C14H21NO2S2. The van der Waals surface area contributed by atoms with Crippen LogP contribution in [0.3, 0.4) is 0 Å². The summed E-state index contributed by atoms with van der Waals surface area (Å²) in [5.74, 6) is 3.35. The van der Waals surface area contributed by atoms with Gasteiger partial charge in [0.15, 0.2) is 0 Å². The third-order valence-electron chi connectivity index (χ3n) is 2.36. The second-order valence-electron chi connectivity index (χ2n) is 4.02. The van der Waals surface area contributed by atoms with E-state index in [0.717, 1.165) is 23.7 Å². The third-order valence-corrected chi connectivity index (χ3v) is 4.43. The van der Waals surface area contributed by atoms with E-state index in [4.69, 9.17) is 5.11 Å². The molecule has 0 saturated carbocycles. The first kappa shape index (κ1) is 16.4. The van der Waals surface area contributed by atoms with Crippen molar-refractivity contribution in [3.05, 3.63) is 35.9 Å². The van der Waals surface area contributed by atoms with Crippen molar-refractivity contribution in [3.8, 4) is 0 Å². The fraction of sp³-hybridized carbons (Fsp3) is 0.500. The second kappa shape index (κ2) is 11.2. The number of benzene rings is 1. The van der Waals surface area contributed by atoms with Gasteiger partial charge in [-0.2, -0.15) is 11.8 Å². The molecule has 0 spiro atoms. The maximum Gasteiger partial charge on any atom is 0.230 e. The summed E-state index contributed by atoms with van der Waals surface area (Å²) in [6, 6.07) is 10.2. The van der Waals surface area contributed by atoms with E-state index >= 15 is 0 Å². The van der Waals surface area contributed by atoms with Gasteiger partial charge in [0.1, 0.15) is 0 Å². The number of aliphatic hydroxyl groups is 1. The summed E-state index contributed by atoms with van der Waals surface area (Å²) in [5.41, 5.74) is 1.25. The first-order valence-corrected chi connectivity index (χ1v) is 8.71. The van der Waals surface area contributed by atoms with Crippen LogP contribution in [0, 0.1) is 0 Å². The molecule has 0 aliphatic heterocycles. The summed E-state index contributed by atoms with van der Waals surface area (Å²) >= 11 is 3.39. The lowest BCUT2D eigenvalue weighted by Crippen LogP contribution is -2.27. The van der Waals surface area contributed by atoms with Crippen molar-refractivity contribution in [2.75, 3.05) is 30.4 Å². The largest absolute Gasteiger partial charge is 0.396 e. The molecule has 0 saturated heterocycles. The fourth-order valence-corrected chi connectivity index (χ4v) is 3.02. The number of rotatable bonds is 10. The van der Waals surface area contributed by atoms with Crippen molar-refractivity contribution in [1.82, 2.24) is 5.32 Å². The van der Waals surface area contributed by atoms with E-state index in [2.05, 4.69) is 17.4 Å². The van der Waals surface area contributed by atoms with E-state index in [9.17, 15) is 4.79 Å². The van der Waals surface area contributed by atoms with Gasteiger partial charge in [0.25, 0.3) is 0 Å². The van der Waals surface area contributed by atoms with Gasteiger partial charge in [0.2, 0.25) is 5.91 Å². The molecule has 5 heteroatoms. The van der Waals surface area contributed by atoms with Gasteiger partial charge in [-0.05, 0) is 17.7 Å². The molecule has 0 bridgehead atoms. The fourth-order valence-electron chi connectivity index (χ4n) is 1.42. The molecule has 2 N–H and O–H groups in total. The number of nitrogens with one attached hydrogen (secondary N) is 1. The molecule has 0 radical (unpaired) electrons. The van der Waals surface area contributed by atoms with E-state index in [0.29, 0.717) is 12.3 Å². The zero-order chi connectivity index (χ0) is 13.8. The van der Waals surface area contributed by atoms with Crippen LogP contribution in [0.2, 0.25) is 0 Å². The standard InChI is InChI=1S/C14H21NO2S2/c16-8-4-9-18-10-7-15-14(17)12-19-11-13-5-2-1-3-6-13/h1-3,5-6,16H,4,7-12H2,(H,15,17). The van der Waals surface area contributed by atoms with Crippen molar-refractivity contribution in [3.63, 3.8) is 0 Å². The molecule has 0 atom stereocenters. The SMILES string of the molecule is O=C(CSCc1ccccc1)NCCSCCCO. The van der Waals surface area contributed by atoms with Gasteiger partial charge in [-0.1, -0.05) is 30.3 Å². The van der Waals surface area contributed by atoms with E-state index in [1.807, 2.05) is 18.2 Å². The molecule has 0 unspecified atom stereocenters. The third kappa shape index (κ3) is 8.97. The Morgan fingerprint density at radius 1 is 1.16 bits per heavy atom. The molecule has 0 aromatic heterocycles. The number of carbonyl (C=O) groups excluding carboxylic acids is 1. The molecule has 106 valence electrons. The van der Waals surface area contributed by atoms with Gasteiger partial charge in [-0.25, -0.2) is 0 Å². The molecule has 0 aliphatic carbocycles. The minimum Gasteiger partial charge on any atom is -0.396 e. The van der Waals surface area contributed by atoms with Crippen LogP contribution >= 0.6 is 23.5 Å². The minimum absolute atomic E-state index is 0.101. The number of hydrogen-bond donors (Lipinski definition) is 2. The normalized spacial score (nSPS) is 10.4. The van der Waals surface area contributed by atoms with E-state index in [-0.39, 0.29) is 12.5 Å². The van der Waals surface area contributed by atoms with Gasteiger partial charge in [-0.15, -0.1) is 11.8 Å². The highest BCUT2D eigenvalue weighted by molar-refractivity contribution is 7.99. The quantitative estimate of drug-likeness (QED) is 0.650. The Bertz CT molecular complexity index is 347. The van der Waals surface area contributed by atoms with Crippen molar-refractivity contribution in [2.45, 2.75) is 12.2 Å². The summed E-state index contributed by atoms with van der Waals surface area (Å²) in [4.78, 5) is 11.5. The molecule has 1 amide bonds. The average molecular weight is 299 g/mol. The molecule has 1 aromatic rings. The molecule has 0 fully saturated rings. The highest BCUT2D eigenvalue weighted by atomic mass is 32.2. The van der Waals surface area contributed by atoms with E-state index < -0.39 is 0 Å². The number of aliphatic hydroxyl groups excluding tert-OH is 1. The molecule has 0 heterocycles. The van der Waals surface area contributed by atoms with E-state index in [1.165, 1.54) is 5.56 Å². The van der Waals surface area contributed by atoms with Crippen LogP contribution < -0.4 is 5.32 Å². The Morgan fingerprint density at radius 3 is 2.68 bits per heavy atom. The summed E-state index contributed by atoms with van der Waals surface area (Å²) in [7, 11) is 0. The monoisotopic (exact) mass is 299 g/mol. The molecule has 3 nitrogen and oxygen atoms in total. The Kier molecular flexibility index (Phi) is 9.67. The van der Waals surface area contributed by atoms with Crippen LogP contribution in [0.4, 0.5) is 0 Å². The summed E-state index contributed by atoms with van der Waals surface area (Å²) < 4.78 is 0. The molecule has 1 aromatic carbocycles. The first-order chi connectivity index (χ1) is 9.33. The Balaban J connectivity index is 1.96. The Hall–Kier alpha value is -0.650. The predicted molar refractivity (Wildman–Crippen MR) is 84.6 cm³/mol. The zero-order valence-corrected chi connectivity index (χ0v) is 12.6. The second-order valence-corrected chi connectivity index (χ2v) is 6.23. The maximum atomic E-state index is 11.5. The van der Waals surface area contributed by atoms with Crippen LogP contribution in [0.15, 0.2) is 30.3 Å². The van der Waals surface area contributed by atoms with Crippen LogP contribution in [0.25, 0.3) is 0 Å². The summed E-state index contributed by atoms with van der Waals surface area (Å²) in [6.07, 6.45) is 0.825. The van der Waals surface area contributed by atoms with Gasteiger partial charge in [0.05, 0.1) is 5.75 Å². The van der Waals surface area contributed by atoms with E-state index in [1.54, 1.807) is 23.5 Å².